The topological polar surface area (TPSA) is 76.1 Å². The molecule has 0 fully saturated rings. The summed E-state index contributed by atoms with van der Waals surface area (Å²) in [4.78, 5) is 13.6. The molecule has 0 spiro atoms. The van der Waals surface area contributed by atoms with E-state index in [4.69, 9.17) is 28.0 Å². The molecule has 6 nitrogen and oxygen atoms in total. The van der Waals surface area contributed by atoms with Crippen molar-refractivity contribution in [1.82, 2.24) is 20.2 Å². The van der Waals surface area contributed by atoms with Gasteiger partial charge in [-0.15, -0.1) is 0 Å². The first-order valence-corrected chi connectivity index (χ1v) is 7.87. The van der Waals surface area contributed by atoms with Crippen molar-refractivity contribution < 1.29 is 4.84 Å². The molecule has 0 unspecified atom stereocenters. The van der Waals surface area contributed by atoms with Gasteiger partial charge in [0.05, 0.1) is 6.21 Å². The maximum atomic E-state index is 6.05. The zero-order chi connectivity index (χ0) is 16.8. The van der Waals surface area contributed by atoms with Crippen molar-refractivity contribution in [3.05, 3.63) is 64.2 Å². The van der Waals surface area contributed by atoms with Crippen LogP contribution in [-0.4, -0.2) is 26.4 Å². The fraction of sp³-hybridized carbons (Fsp3) is 0.125. The van der Waals surface area contributed by atoms with Crippen molar-refractivity contribution in [1.29, 1.82) is 0 Å². The summed E-state index contributed by atoms with van der Waals surface area (Å²) in [6.07, 6.45) is 5.49. The average molecular weight is 362 g/mol. The number of nitrogens with one attached hydrogen (secondary N) is 1. The zero-order valence-corrected chi connectivity index (χ0v) is 14.0. The van der Waals surface area contributed by atoms with Gasteiger partial charge in [0.1, 0.15) is 12.4 Å². The summed E-state index contributed by atoms with van der Waals surface area (Å²) in [5, 5.41) is 12.0. The standard InChI is InChI=1S/C16H13Cl2N5O/c17-13-4-3-12(14(18)8-13)10-24-20-7-5-15-21-16(23-22-15)11-2-1-6-19-9-11/h1-4,6-9H,5,10H2,(H,21,22,23). The fourth-order valence-corrected chi connectivity index (χ4v) is 2.40. The highest BCUT2D eigenvalue weighted by atomic mass is 35.5. The van der Waals surface area contributed by atoms with E-state index in [1.165, 1.54) is 0 Å². The minimum Gasteiger partial charge on any atom is -0.391 e. The summed E-state index contributed by atoms with van der Waals surface area (Å²) in [5.41, 5.74) is 1.67. The van der Waals surface area contributed by atoms with E-state index in [1.807, 2.05) is 12.1 Å². The SMILES string of the molecule is Clc1ccc(CON=CCc2nc(-c3cccnc3)n[nH]2)c(Cl)c1. The van der Waals surface area contributed by atoms with E-state index in [0.717, 1.165) is 11.1 Å². The molecule has 2 aromatic heterocycles. The molecule has 0 atom stereocenters. The van der Waals surface area contributed by atoms with E-state index in [9.17, 15) is 0 Å². The zero-order valence-electron chi connectivity index (χ0n) is 12.5. The van der Waals surface area contributed by atoms with Crippen LogP contribution in [0.1, 0.15) is 11.4 Å². The van der Waals surface area contributed by atoms with Gasteiger partial charge in [-0.25, -0.2) is 4.98 Å². The lowest BCUT2D eigenvalue weighted by Gasteiger charge is -2.02. The molecule has 3 aromatic rings. The van der Waals surface area contributed by atoms with Crippen molar-refractivity contribution in [3.8, 4) is 11.4 Å². The Labute approximate surface area is 148 Å². The largest absolute Gasteiger partial charge is 0.391 e. The lowest BCUT2D eigenvalue weighted by molar-refractivity contribution is 0.131. The Kier molecular flexibility index (Phi) is 5.40. The van der Waals surface area contributed by atoms with E-state index >= 15 is 0 Å². The average Bonchev–Trinajstić information content (AvgIpc) is 3.06. The molecule has 0 amide bonds. The first kappa shape index (κ1) is 16.4. The van der Waals surface area contributed by atoms with E-state index < -0.39 is 0 Å². The van der Waals surface area contributed by atoms with Gasteiger partial charge in [0.15, 0.2) is 5.82 Å². The van der Waals surface area contributed by atoms with Gasteiger partial charge >= 0.3 is 0 Å². The molecule has 1 aromatic carbocycles. The van der Waals surface area contributed by atoms with E-state index in [-0.39, 0.29) is 6.61 Å². The molecule has 0 aliphatic rings. The summed E-state index contributed by atoms with van der Waals surface area (Å²) in [5.74, 6) is 1.28. The Balaban J connectivity index is 1.51. The Bertz CT molecular complexity index is 835. The first-order valence-electron chi connectivity index (χ1n) is 7.12. The molecule has 8 heteroatoms. The predicted molar refractivity (Wildman–Crippen MR) is 93.1 cm³/mol. The third-order valence-corrected chi connectivity index (χ3v) is 3.71. The maximum absolute atomic E-state index is 6.05. The fourth-order valence-electron chi connectivity index (χ4n) is 1.93. The van der Waals surface area contributed by atoms with Crippen molar-refractivity contribution in [2.75, 3.05) is 0 Å². The van der Waals surface area contributed by atoms with Crippen LogP contribution >= 0.6 is 23.2 Å². The number of rotatable bonds is 6. The molecule has 2 heterocycles. The third-order valence-electron chi connectivity index (χ3n) is 3.12. The van der Waals surface area contributed by atoms with Gasteiger partial charge in [-0.2, -0.15) is 5.10 Å². The smallest absolute Gasteiger partial charge is 0.182 e. The first-order chi connectivity index (χ1) is 11.7. The van der Waals surface area contributed by atoms with Gasteiger partial charge in [0.25, 0.3) is 0 Å². The van der Waals surface area contributed by atoms with Gasteiger partial charge in [0, 0.05) is 40.0 Å². The van der Waals surface area contributed by atoms with Crippen LogP contribution in [0.15, 0.2) is 47.9 Å². The Morgan fingerprint density at radius 3 is 2.96 bits per heavy atom. The molecular formula is C16H13Cl2N5O. The lowest BCUT2D eigenvalue weighted by Crippen LogP contribution is -1.92. The number of benzene rings is 1. The molecule has 1 N–H and O–H groups in total. The molecule has 0 aliphatic carbocycles. The molecule has 0 aliphatic heterocycles. The molecule has 24 heavy (non-hydrogen) atoms. The van der Waals surface area contributed by atoms with E-state index in [2.05, 4.69) is 25.3 Å². The van der Waals surface area contributed by atoms with Crippen molar-refractivity contribution in [3.63, 3.8) is 0 Å². The normalized spacial score (nSPS) is 11.1. The minimum absolute atomic E-state index is 0.268. The van der Waals surface area contributed by atoms with Gasteiger partial charge in [-0.3, -0.25) is 10.1 Å². The van der Waals surface area contributed by atoms with Crippen LogP contribution < -0.4 is 0 Å². The summed E-state index contributed by atoms with van der Waals surface area (Å²) in [7, 11) is 0. The van der Waals surface area contributed by atoms with Crippen LogP contribution in [0.5, 0.6) is 0 Å². The quantitative estimate of drug-likeness (QED) is 0.533. The van der Waals surface area contributed by atoms with Gasteiger partial charge in [0.2, 0.25) is 0 Å². The van der Waals surface area contributed by atoms with E-state index in [0.29, 0.717) is 28.1 Å². The van der Waals surface area contributed by atoms with Crippen molar-refractivity contribution in [2.45, 2.75) is 13.0 Å². The molecule has 0 radical (unpaired) electrons. The van der Waals surface area contributed by atoms with Gasteiger partial charge in [-0.05, 0) is 24.3 Å². The second kappa shape index (κ2) is 7.90. The monoisotopic (exact) mass is 361 g/mol. The van der Waals surface area contributed by atoms with Crippen LogP contribution in [0, 0.1) is 0 Å². The Hall–Kier alpha value is -2.44. The second-order valence-corrected chi connectivity index (χ2v) is 5.69. The van der Waals surface area contributed by atoms with Gasteiger partial charge < -0.3 is 4.84 Å². The highest BCUT2D eigenvalue weighted by Gasteiger charge is 2.05. The summed E-state index contributed by atoms with van der Waals surface area (Å²) >= 11 is 11.9. The number of halogens is 2. The number of nitrogens with zero attached hydrogens (tertiary/aromatic N) is 4. The molecule has 3 rings (SSSR count). The maximum Gasteiger partial charge on any atom is 0.182 e. The van der Waals surface area contributed by atoms with Gasteiger partial charge in [-0.1, -0.05) is 34.4 Å². The third kappa shape index (κ3) is 4.31. The molecule has 0 bridgehead atoms. The summed E-state index contributed by atoms with van der Waals surface area (Å²) in [6.45, 7) is 0.268. The molecule has 0 saturated heterocycles. The van der Waals surface area contributed by atoms with Crippen molar-refractivity contribution >= 4 is 29.4 Å². The second-order valence-electron chi connectivity index (χ2n) is 4.85. The minimum atomic E-state index is 0.268. The molecule has 0 saturated carbocycles. The highest BCUT2D eigenvalue weighted by molar-refractivity contribution is 6.35. The Morgan fingerprint density at radius 1 is 1.25 bits per heavy atom. The lowest BCUT2D eigenvalue weighted by atomic mass is 10.2. The number of hydrogen-bond acceptors (Lipinski definition) is 5. The van der Waals surface area contributed by atoms with Crippen LogP contribution in [0.3, 0.4) is 0 Å². The van der Waals surface area contributed by atoms with Crippen LogP contribution in [0.2, 0.25) is 10.0 Å². The number of H-pyrrole nitrogens is 1. The number of aromatic nitrogens is 4. The van der Waals surface area contributed by atoms with Crippen LogP contribution in [0.4, 0.5) is 0 Å². The molecule has 122 valence electrons. The number of aromatic amines is 1. The summed E-state index contributed by atoms with van der Waals surface area (Å²) < 4.78 is 0. The van der Waals surface area contributed by atoms with Crippen LogP contribution in [0.25, 0.3) is 11.4 Å². The molecular weight excluding hydrogens is 349 g/mol. The highest BCUT2D eigenvalue weighted by Crippen LogP contribution is 2.21. The van der Waals surface area contributed by atoms with E-state index in [1.54, 1.807) is 36.8 Å². The summed E-state index contributed by atoms with van der Waals surface area (Å²) in [6, 6.07) is 8.96. The Morgan fingerprint density at radius 2 is 2.17 bits per heavy atom. The predicted octanol–water partition coefficient (Wildman–Crippen LogP) is 3.92. The number of hydrogen-bond donors (Lipinski definition) is 1. The van der Waals surface area contributed by atoms with Crippen LogP contribution in [-0.2, 0) is 17.9 Å². The van der Waals surface area contributed by atoms with Crippen molar-refractivity contribution in [2.24, 2.45) is 5.16 Å². The number of pyridine rings is 1. The number of oxime groups is 1.